The highest BCUT2D eigenvalue weighted by Crippen LogP contribution is 2.58. The molecule has 0 atom stereocenters. The van der Waals surface area contributed by atoms with Gasteiger partial charge >= 0.3 is 6.18 Å². The molecule has 0 saturated heterocycles. The van der Waals surface area contributed by atoms with E-state index >= 15 is 0 Å². The van der Waals surface area contributed by atoms with Gasteiger partial charge in [0, 0.05) is 6.54 Å². The second-order valence-corrected chi connectivity index (χ2v) is 5.75. The van der Waals surface area contributed by atoms with Crippen molar-refractivity contribution in [2.45, 2.75) is 43.9 Å². The van der Waals surface area contributed by atoms with Crippen molar-refractivity contribution >= 4 is 12.4 Å². The van der Waals surface area contributed by atoms with Crippen molar-refractivity contribution in [3.63, 3.8) is 0 Å². The fourth-order valence-electron chi connectivity index (χ4n) is 3.11. The van der Waals surface area contributed by atoms with E-state index in [1.165, 1.54) is 0 Å². The Labute approximate surface area is 123 Å². The van der Waals surface area contributed by atoms with Crippen molar-refractivity contribution in [2.24, 2.45) is 11.8 Å². The van der Waals surface area contributed by atoms with Gasteiger partial charge in [0.25, 0.3) is 0 Å². The molecular weight excluding hydrogens is 287 g/mol. The van der Waals surface area contributed by atoms with Gasteiger partial charge in [-0.15, -0.1) is 12.4 Å². The van der Waals surface area contributed by atoms with E-state index in [0.29, 0.717) is 32.2 Å². The van der Waals surface area contributed by atoms with Crippen LogP contribution in [-0.4, -0.2) is 11.7 Å². The fourth-order valence-corrected chi connectivity index (χ4v) is 3.11. The van der Waals surface area contributed by atoms with E-state index in [0.717, 1.165) is 5.56 Å². The molecule has 112 valence electrons. The van der Waals surface area contributed by atoms with Crippen molar-refractivity contribution in [3.8, 4) is 0 Å². The van der Waals surface area contributed by atoms with E-state index in [1.54, 1.807) is 0 Å². The van der Waals surface area contributed by atoms with E-state index < -0.39 is 11.7 Å². The molecule has 0 bridgehead atoms. The Bertz CT molecular complexity index is 426. The summed E-state index contributed by atoms with van der Waals surface area (Å²) in [5.41, 5.74) is -0.722. The maximum Gasteiger partial charge on any atom is 0.407 e. The molecular formula is C15H19ClF3N. The standard InChI is InChI=1S/C15H18F3N.ClH/c16-15(17,18)14(12-6-7-12,13-8-9-13)19-10-11-4-2-1-3-5-11;/h1-5,12-13,19H,6-10H2;1H. The SMILES string of the molecule is Cl.FC(F)(F)C(NCc1ccccc1)(C1CC1)C1CC1. The van der Waals surface area contributed by atoms with Gasteiger partial charge in [-0.25, -0.2) is 0 Å². The van der Waals surface area contributed by atoms with E-state index in [1.807, 2.05) is 30.3 Å². The van der Waals surface area contributed by atoms with Crippen molar-refractivity contribution in [1.82, 2.24) is 5.32 Å². The first-order valence-corrected chi connectivity index (χ1v) is 6.90. The maximum atomic E-state index is 13.6. The summed E-state index contributed by atoms with van der Waals surface area (Å²) >= 11 is 0. The Balaban J connectivity index is 0.00000147. The van der Waals surface area contributed by atoms with Crippen molar-refractivity contribution < 1.29 is 13.2 Å². The van der Waals surface area contributed by atoms with Crippen LogP contribution >= 0.6 is 12.4 Å². The van der Waals surface area contributed by atoms with Crippen LogP contribution in [0.1, 0.15) is 31.2 Å². The lowest BCUT2D eigenvalue weighted by Gasteiger charge is -2.37. The molecule has 2 saturated carbocycles. The topological polar surface area (TPSA) is 12.0 Å². The zero-order valence-electron chi connectivity index (χ0n) is 11.1. The van der Waals surface area contributed by atoms with Crippen LogP contribution < -0.4 is 5.32 Å². The molecule has 5 heteroatoms. The van der Waals surface area contributed by atoms with Crippen molar-refractivity contribution in [3.05, 3.63) is 35.9 Å². The van der Waals surface area contributed by atoms with Crippen LogP contribution in [0.5, 0.6) is 0 Å². The third kappa shape index (κ3) is 2.82. The van der Waals surface area contributed by atoms with E-state index in [4.69, 9.17) is 0 Å². The first-order chi connectivity index (χ1) is 9.04. The van der Waals surface area contributed by atoms with E-state index in [2.05, 4.69) is 5.32 Å². The number of benzene rings is 1. The lowest BCUT2D eigenvalue weighted by Crippen LogP contribution is -2.60. The van der Waals surface area contributed by atoms with Crippen LogP contribution in [0, 0.1) is 11.8 Å². The quantitative estimate of drug-likeness (QED) is 0.854. The zero-order valence-corrected chi connectivity index (χ0v) is 11.9. The lowest BCUT2D eigenvalue weighted by atomic mass is 9.86. The number of nitrogens with one attached hydrogen (secondary N) is 1. The van der Waals surface area contributed by atoms with Gasteiger partial charge in [0.05, 0.1) is 0 Å². The molecule has 2 fully saturated rings. The third-order valence-corrected chi connectivity index (χ3v) is 4.34. The van der Waals surface area contributed by atoms with Crippen molar-refractivity contribution in [1.29, 1.82) is 0 Å². The maximum absolute atomic E-state index is 13.6. The summed E-state index contributed by atoms with van der Waals surface area (Å²) in [6, 6.07) is 9.34. The smallest absolute Gasteiger partial charge is 0.299 e. The first kappa shape index (κ1) is 15.6. The molecule has 0 spiro atoms. The van der Waals surface area contributed by atoms with Gasteiger partial charge in [0.1, 0.15) is 5.54 Å². The minimum Gasteiger partial charge on any atom is -0.299 e. The van der Waals surface area contributed by atoms with Crippen LogP contribution in [0.2, 0.25) is 0 Å². The van der Waals surface area contributed by atoms with Crippen LogP contribution in [0.25, 0.3) is 0 Å². The van der Waals surface area contributed by atoms with Gasteiger partial charge in [-0.2, -0.15) is 13.2 Å². The summed E-state index contributed by atoms with van der Waals surface area (Å²) in [5, 5.41) is 2.89. The number of alkyl halides is 3. The summed E-state index contributed by atoms with van der Waals surface area (Å²) in [7, 11) is 0. The molecule has 2 aliphatic rings. The fraction of sp³-hybridized carbons (Fsp3) is 0.600. The molecule has 0 unspecified atom stereocenters. The summed E-state index contributed by atoms with van der Waals surface area (Å²) in [4.78, 5) is 0. The molecule has 0 aliphatic heterocycles. The van der Waals surface area contributed by atoms with Gasteiger partial charge < -0.3 is 0 Å². The largest absolute Gasteiger partial charge is 0.407 e. The Morgan fingerprint density at radius 2 is 1.45 bits per heavy atom. The van der Waals surface area contributed by atoms with Crippen LogP contribution in [-0.2, 0) is 6.54 Å². The summed E-state index contributed by atoms with van der Waals surface area (Å²) in [6.07, 6.45) is -1.32. The molecule has 0 heterocycles. The Hall–Kier alpha value is -0.740. The predicted molar refractivity (Wildman–Crippen MR) is 74.8 cm³/mol. The monoisotopic (exact) mass is 305 g/mol. The highest BCUT2D eigenvalue weighted by Gasteiger charge is 2.68. The van der Waals surface area contributed by atoms with Crippen molar-refractivity contribution in [2.75, 3.05) is 0 Å². The summed E-state index contributed by atoms with van der Waals surface area (Å²) < 4.78 is 40.8. The molecule has 0 radical (unpaired) electrons. The molecule has 1 aromatic rings. The Kier molecular flexibility index (Phi) is 4.35. The van der Waals surface area contributed by atoms with Gasteiger partial charge in [-0.05, 0) is 43.1 Å². The average molecular weight is 306 g/mol. The lowest BCUT2D eigenvalue weighted by molar-refractivity contribution is -0.211. The highest BCUT2D eigenvalue weighted by atomic mass is 35.5. The molecule has 1 nitrogen and oxygen atoms in total. The molecule has 0 amide bonds. The normalized spacial score (nSPS) is 19.6. The van der Waals surface area contributed by atoms with E-state index in [-0.39, 0.29) is 24.2 Å². The molecule has 0 aromatic heterocycles. The van der Waals surface area contributed by atoms with Crippen LogP contribution in [0.3, 0.4) is 0 Å². The van der Waals surface area contributed by atoms with Crippen LogP contribution in [0.15, 0.2) is 30.3 Å². The molecule has 1 aromatic carbocycles. The van der Waals surface area contributed by atoms with E-state index in [9.17, 15) is 13.2 Å². The first-order valence-electron chi connectivity index (χ1n) is 6.90. The number of hydrogen-bond acceptors (Lipinski definition) is 1. The van der Waals surface area contributed by atoms with Gasteiger partial charge in [-0.3, -0.25) is 5.32 Å². The summed E-state index contributed by atoms with van der Waals surface area (Å²) in [6.45, 7) is 0.299. The second kappa shape index (κ2) is 5.57. The minimum absolute atomic E-state index is 0. The molecule has 3 rings (SSSR count). The minimum atomic E-state index is -4.15. The predicted octanol–water partition coefficient (Wildman–Crippen LogP) is 4.32. The highest BCUT2D eigenvalue weighted by molar-refractivity contribution is 5.85. The number of halogens is 4. The molecule has 1 N–H and O–H groups in total. The van der Waals surface area contributed by atoms with Gasteiger partial charge in [0.2, 0.25) is 0 Å². The molecule has 2 aliphatic carbocycles. The number of hydrogen-bond donors (Lipinski definition) is 1. The average Bonchev–Trinajstić information content (AvgIpc) is 3.23. The number of rotatable bonds is 5. The summed E-state index contributed by atoms with van der Waals surface area (Å²) in [5.74, 6) is -0.438. The second-order valence-electron chi connectivity index (χ2n) is 5.75. The Morgan fingerprint density at radius 1 is 0.950 bits per heavy atom. The zero-order chi connectivity index (χ0) is 13.5. The third-order valence-electron chi connectivity index (χ3n) is 4.34. The van der Waals surface area contributed by atoms with Gasteiger partial charge in [-0.1, -0.05) is 30.3 Å². The van der Waals surface area contributed by atoms with Gasteiger partial charge in [0.15, 0.2) is 0 Å². The Morgan fingerprint density at radius 3 is 1.85 bits per heavy atom. The van der Waals surface area contributed by atoms with Crippen LogP contribution in [0.4, 0.5) is 13.2 Å². The molecule has 20 heavy (non-hydrogen) atoms.